The lowest BCUT2D eigenvalue weighted by Crippen LogP contribution is -2.26. The highest BCUT2D eigenvalue weighted by atomic mass is 35.5. The second kappa shape index (κ2) is 6.22. The molecule has 1 heterocycles. The van der Waals surface area contributed by atoms with Crippen molar-refractivity contribution in [1.29, 1.82) is 0 Å². The molecule has 0 aliphatic rings. The highest BCUT2D eigenvalue weighted by Gasteiger charge is 2.15. The van der Waals surface area contributed by atoms with Crippen LogP contribution < -0.4 is 0 Å². The molecule has 0 spiro atoms. The van der Waals surface area contributed by atoms with E-state index in [1.54, 1.807) is 36.2 Å². The molecule has 3 nitrogen and oxygen atoms in total. The summed E-state index contributed by atoms with van der Waals surface area (Å²) in [6.07, 6.45) is 0. The lowest BCUT2D eigenvalue weighted by atomic mass is 10.2. The first-order valence-electron chi connectivity index (χ1n) is 6.92. The van der Waals surface area contributed by atoms with Crippen LogP contribution in [0, 0.1) is 5.82 Å². The number of benzene rings is 2. The number of rotatable bonds is 3. The number of H-pyrrole nitrogens is 1. The minimum absolute atomic E-state index is 0.187. The molecule has 0 atom stereocenters. The first-order chi connectivity index (χ1) is 10.9. The number of nitrogens with one attached hydrogen (secondary N) is 1. The van der Waals surface area contributed by atoms with Crippen molar-refractivity contribution < 1.29 is 9.18 Å². The topological polar surface area (TPSA) is 36.1 Å². The van der Waals surface area contributed by atoms with Gasteiger partial charge in [-0.2, -0.15) is 0 Å². The van der Waals surface area contributed by atoms with Crippen LogP contribution in [0.2, 0.25) is 10.0 Å². The Balaban J connectivity index is 1.81. The number of halogens is 3. The van der Waals surface area contributed by atoms with Gasteiger partial charge in [-0.15, -0.1) is 0 Å². The number of fused-ring (bicyclic) bond motifs is 1. The molecule has 23 heavy (non-hydrogen) atoms. The minimum atomic E-state index is -0.334. The van der Waals surface area contributed by atoms with Crippen molar-refractivity contribution >= 4 is 40.0 Å². The van der Waals surface area contributed by atoms with Crippen molar-refractivity contribution in [3.05, 3.63) is 69.6 Å². The van der Waals surface area contributed by atoms with Crippen molar-refractivity contribution in [3.63, 3.8) is 0 Å². The third kappa shape index (κ3) is 3.33. The number of amides is 1. The molecule has 0 saturated heterocycles. The van der Waals surface area contributed by atoms with E-state index < -0.39 is 0 Å². The summed E-state index contributed by atoms with van der Waals surface area (Å²) < 4.78 is 13.2. The van der Waals surface area contributed by atoms with Gasteiger partial charge in [0.25, 0.3) is 5.91 Å². The second-order valence-electron chi connectivity index (χ2n) is 5.32. The first kappa shape index (κ1) is 15.8. The Labute approximate surface area is 142 Å². The lowest BCUT2D eigenvalue weighted by Gasteiger charge is -2.16. The maximum atomic E-state index is 13.2. The summed E-state index contributed by atoms with van der Waals surface area (Å²) in [7, 11) is 1.69. The number of hydrogen-bond acceptors (Lipinski definition) is 1. The maximum absolute atomic E-state index is 13.2. The van der Waals surface area contributed by atoms with E-state index in [9.17, 15) is 9.18 Å². The van der Waals surface area contributed by atoms with Gasteiger partial charge in [0.1, 0.15) is 11.5 Å². The van der Waals surface area contributed by atoms with E-state index in [4.69, 9.17) is 23.2 Å². The number of carbonyl (C=O) groups is 1. The van der Waals surface area contributed by atoms with Gasteiger partial charge in [-0.1, -0.05) is 29.3 Å². The zero-order valence-corrected chi connectivity index (χ0v) is 13.7. The minimum Gasteiger partial charge on any atom is -0.351 e. The second-order valence-corrected chi connectivity index (χ2v) is 6.14. The molecular weight excluding hydrogens is 338 g/mol. The smallest absolute Gasteiger partial charge is 0.270 e. The maximum Gasteiger partial charge on any atom is 0.270 e. The van der Waals surface area contributed by atoms with Gasteiger partial charge in [-0.05, 0) is 42.0 Å². The molecular formula is C17H13Cl2FN2O. The Morgan fingerprint density at radius 2 is 1.91 bits per heavy atom. The van der Waals surface area contributed by atoms with Gasteiger partial charge < -0.3 is 9.88 Å². The molecule has 0 aliphatic carbocycles. The van der Waals surface area contributed by atoms with Crippen LogP contribution in [-0.4, -0.2) is 22.8 Å². The van der Waals surface area contributed by atoms with Crippen LogP contribution in [0.25, 0.3) is 10.9 Å². The molecule has 3 rings (SSSR count). The predicted octanol–water partition coefficient (Wildman–Crippen LogP) is 4.89. The Kier molecular flexibility index (Phi) is 4.28. The summed E-state index contributed by atoms with van der Waals surface area (Å²) in [5.41, 5.74) is 2.00. The number of carbonyl (C=O) groups excluding carboxylic acids is 1. The van der Waals surface area contributed by atoms with Crippen LogP contribution >= 0.6 is 23.2 Å². The fraction of sp³-hybridized carbons (Fsp3) is 0.118. The predicted molar refractivity (Wildman–Crippen MR) is 90.5 cm³/mol. The molecule has 0 aliphatic heterocycles. The largest absolute Gasteiger partial charge is 0.351 e. The molecule has 1 amide bonds. The first-order valence-corrected chi connectivity index (χ1v) is 7.67. The van der Waals surface area contributed by atoms with Gasteiger partial charge in [0.2, 0.25) is 0 Å². The third-order valence-electron chi connectivity index (χ3n) is 3.56. The van der Waals surface area contributed by atoms with E-state index >= 15 is 0 Å². The van der Waals surface area contributed by atoms with E-state index in [-0.39, 0.29) is 11.7 Å². The molecule has 0 unspecified atom stereocenters. The fourth-order valence-corrected chi connectivity index (χ4v) is 2.73. The Morgan fingerprint density at radius 1 is 1.13 bits per heavy atom. The molecule has 0 fully saturated rings. The molecule has 2 aromatic carbocycles. The van der Waals surface area contributed by atoms with Gasteiger partial charge in [0, 0.05) is 24.5 Å². The molecule has 0 bridgehead atoms. The number of hydrogen-bond donors (Lipinski definition) is 1. The summed E-state index contributed by atoms with van der Waals surface area (Å²) in [4.78, 5) is 17.1. The normalized spacial score (nSPS) is 11.0. The van der Waals surface area contributed by atoms with Crippen LogP contribution in [0.1, 0.15) is 16.1 Å². The summed E-state index contributed by atoms with van der Waals surface area (Å²) in [5, 5.41) is 1.59. The van der Waals surface area contributed by atoms with Crippen LogP contribution in [0.5, 0.6) is 0 Å². The van der Waals surface area contributed by atoms with Gasteiger partial charge in [0.15, 0.2) is 0 Å². The Hall–Kier alpha value is -2.04. The highest BCUT2D eigenvalue weighted by Crippen LogP contribution is 2.23. The average molecular weight is 351 g/mol. The molecule has 1 N–H and O–H groups in total. The third-order valence-corrected chi connectivity index (χ3v) is 4.30. The van der Waals surface area contributed by atoms with Crippen molar-refractivity contribution in [2.75, 3.05) is 7.05 Å². The average Bonchev–Trinajstić information content (AvgIpc) is 2.93. The quantitative estimate of drug-likeness (QED) is 0.717. The fourth-order valence-electron chi connectivity index (χ4n) is 2.41. The van der Waals surface area contributed by atoms with E-state index in [1.807, 2.05) is 6.07 Å². The van der Waals surface area contributed by atoms with Crippen LogP contribution in [0.4, 0.5) is 4.39 Å². The SMILES string of the molecule is CN(Cc1ccc(Cl)c(Cl)c1)C(=O)c1cc2cc(F)ccc2[nH]1. The summed E-state index contributed by atoms with van der Waals surface area (Å²) in [6.45, 7) is 0.388. The van der Waals surface area contributed by atoms with E-state index in [1.165, 1.54) is 12.1 Å². The molecule has 0 radical (unpaired) electrons. The van der Waals surface area contributed by atoms with E-state index in [2.05, 4.69) is 4.98 Å². The Morgan fingerprint density at radius 3 is 2.65 bits per heavy atom. The standard InChI is InChI=1S/C17H13Cl2FN2O/c1-22(9-10-2-4-13(18)14(19)6-10)17(23)16-8-11-7-12(20)3-5-15(11)21-16/h2-8,21H,9H2,1H3. The van der Waals surface area contributed by atoms with Crippen molar-refractivity contribution in [1.82, 2.24) is 9.88 Å². The van der Waals surface area contributed by atoms with Crippen molar-refractivity contribution in [3.8, 4) is 0 Å². The highest BCUT2D eigenvalue weighted by molar-refractivity contribution is 6.42. The van der Waals surface area contributed by atoms with Crippen molar-refractivity contribution in [2.24, 2.45) is 0 Å². The Bertz CT molecular complexity index is 891. The van der Waals surface area contributed by atoms with Gasteiger partial charge in [0.05, 0.1) is 10.0 Å². The van der Waals surface area contributed by atoms with Crippen molar-refractivity contribution in [2.45, 2.75) is 6.54 Å². The monoisotopic (exact) mass is 350 g/mol. The molecule has 6 heteroatoms. The summed E-state index contributed by atoms with van der Waals surface area (Å²) >= 11 is 11.9. The van der Waals surface area contributed by atoms with Gasteiger partial charge in [-0.3, -0.25) is 4.79 Å². The van der Waals surface area contributed by atoms with Crippen LogP contribution in [0.3, 0.4) is 0 Å². The summed E-state index contributed by atoms with van der Waals surface area (Å²) in [6, 6.07) is 11.2. The van der Waals surface area contributed by atoms with E-state index in [0.717, 1.165) is 11.1 Å². The zero-order valence-electron chi connectivity index (χ0n) is 12.2. The van der Waals surface area contributed by atoms with Gasteiger partial charge >= 0.3 is 0 Å². The molecule has 1 aromatic heterocycles. The summed E-state index contributed by atoms with van der Waals surface area (Å²) in [5.74, 6) is -0.521. The number of nitrogens with zero attached hydrogens (tertiary/aromatic N) is 1. The van der Waals surface area contributed by atoms with Gasteiger partial charge in [-0.25, -0.2) is 4.39 Å². The zero-order chi connectivity index (χ0) is 16.6. The number of aromatic nitrogens is 1. The molecule has 0 saturated carbocycles. The lowest BCUT2D eigenvalue weighted by molar-refractivity contribution is 0.0780. The number of aromatic amines is 1. The molecule has 118 valence electrons. The van der Waals surface area contributed by atoms with E-state index in [0.29, 0.717) is 27.7 Å². The molecule has 3 aromatic rings. The van der Waals surface area contributed by atoms with Crippen LogP contribution in [-0.2, 0) is 6.54 Å². The van der Waals surface area contributed by atoms with Crippen LogP contribution in [0.15, 0.2) is 42.5 Å².